The average molecular weight is 322 g/mol. The number of halogens is 1. The number of aromatic nitrogens is 3. The van der Waals surface area contributed by atoms with E-state index in [1.165, 1.54) is 16.5 Å². The first-order valence-corrected chi connectivity index (χ1v) is 7.96. The lowest BCUT2D eigenvalue weighted by Crippen LogP contribution is -2.12. The third kappa shape index (κ3) is 2.88. The topological polar surface area (TPSA) is 33.6 Å². The van der Waals surface area contributed by atoms with Gasteiger partial charge in [-0.25, -0.2) is 4.98 Å². The van der Waals surface area contributed by atoms with Gasteiger partial charge in [0.05, 0.1) is 12.4 Å². The van der Waals surface area contributed by atoms with E-state index in [4.69, 9.17) is 11.6 Å². The Morgan fingerprint density at radius 1 is 1.13 bits per heavy atom. The molecule has 0 fully saturated rings. The van der Waals surface area contributed by atoms with Crippen molar-refractivity contribution in [2.45, 2.75) is 12.5 Å². The fourth-order valence-electron chi connectivity index (χ4n) is 3.02. The molecule has 0 aliphatic carbocycles. The predicted octanol–water partition coefficient (Wildman–Crippen LogP) is 4.85. The molecule has 2 heterocycles. The van der Waals surface area contributed by atoms with Crippen LogP contribution in [0.4, 0.5) is 0 Å². The third-order valence-electron chi connectivity index (χ3n) is 4.16. The molecule has 0 bridgehead atoms. The predicted molar refractivity (Wildman–Crippen MR) is 93.8 cm³/mol. The molecule has 0 saturated carbocycles. The van der Waals surface area contributed by atoms with E-state index < -0.39 is 0 Å². The smallest absolute Gasteiger partial charge is 0.0951 e. The number of nitrogens with one attached hydrogen (secondary N) is 1. The van der Waals surface area contributed by atoms with E-state index in [1.807, 2.05) is 43.1 Å². The number of nitrogens with zero attached hydrogens (tertiary/aromatic N) is 2. The van der Waals surface area contributed by atoms with E-state index in [2.05, 4.69) is 44.9 Å². The zero-order valence-electron chi connectivity index (χ0n) is 12.5. The van der Waals surface area contributed by atoms with Gasteiger partial charge in [0.15, 0.2) is 0 Å². The summed E-state index contributed by atoms with van der Waals surface area (Å²) in [5, 5.41) is 1.99. The molecule has 4 rings (SSSR count). The monoisotopic (exact) mass is 321 g/mol. The van der Waals surface area contributed by atoms with E-state index in [0.717, 1.165) is 17.0 Å². The lowest BCUT2D eigenvalue weighted by Gasteiger charge is -2.19. The van der Waals surface area contributed by atoms with Crippen LogP contribution in [0.15, 0.2) is 73.4 Å². The SMILES string of the molecule is Clc1cccc(CC(c2ccc3[nH]ccc3c2)n2ccnc2)c1. The number of hydrogen-bond acceptors (Lipinski definition) is 1. The molecule has 1 N–H and O–H groups in total. The minimum atomic E-state index is 0.190. The van der Waals surface area contributed by atoms with Crippen LogP contribution in [0.3, 0.4) is 0 Å². The molecular formula is C19H16ClN3. The molecular weight excluding hydrogens is 306 g/mol. The molecule has 0 spiro atoms. The Morgan fingerprint density at radius 2 is 2.09 bits per heavy atom. The molecule has 0 aliphatic heterocycles. The molecule has 0 amide bonds. The van der Waals surface area contributed by atoms with Crippen molar-refractivity contribution in [1.82, 2.24) is 14.5 Å². The first-order chi connectivity index (χ1) is 11.3. The highest BCUT2D eigenvalue weighted by Crippen LogP contribution is 2.27. The summed E-state index contributed by atoms with van der Waals surface area (Å²) in [7, 11) is 0. The first-order valence-electron chi connectivity index (χ1n) is 7.58. The van der Waals surface area contributed by atoms with E-state index in [-0.39, 0.29) is 6.04 Å². The van der Waals surface area contributed by atoms with Gasteiger partial charge >= 0.3 is 0 Å². The van der Waals surface area contributed by atoms with Crippen molar-refractivity contribution in [3.8, 4) is 0 Å². The number of imidazole rings is 1. The van der Waals surface area contributed by atoms with Crippen LogP contribution in [0, 0.1) is 0 Å². The molecule has 2 aromatic heterocycles. The molecule has 4 aromatic rings. The summed E-state index contributed by atoms with van der Waals surface area (Å²) >= 11 is 6.14. The summed E-state index contributed by atoms with van der Waals surface area (Å²) in [6.45, 7) is 0. The minimum absolute atomic E-state index is 0.190. The Balaban J connectivity index is 1.76. The second kappa shape index (κ2) is 5.94. The minimum Gasteiger partial charge on any atom is -0.361 e. The van der Waals surface area contributed by atoms with Gasteiger partial charge in [-0.3, -0.25) is 0 Å². The highest BCUT2D eigenvalue weighted by molar-refractivity contribution is 6.30. The number of fused-ring (bicyclic) bond motifs is 1. The van der Waals surface area contributed by atoms with E-state index >= 15 is 0 Å². The van der Waals surface area contributed by atoms with Gasteiger partial charge in [-0.15, -0.1) is 0 Å². The average Bonchev–Trinajstić information content (AvgIpc) is 3.23. The van der Waals surface area contributed by atoms with Gasteiger partial charge in [-0.05, 0) is 53.3 Å². The van der Waals surface area contributed by atoms with Crippen LogP contribution in [-0.4, -0.2) is 14.5 Å². The lowest BCUT2D eigenvalue weighted by molar-refractivity contribution is 0.581. The van der Waals surface area contributed by atoms with E-state index in [1.54, 1.807) is 0 Å². The van der Waals surface area contributed by atoms with Gasteiger partial charge in [0, 0.05) is 29.1 Å². The standard InChI is InChI=1S/C19H16ClN3/c20-17-3-1-2-14(10-17)11-19(23-9-8-21-13-23)16-4-5-18-15(12-16)6-7-22-18/h1-10,12-13,19,22H,11H2. The Labute approximate surface area is 139 Å². The Hall–Kier alpha value is -2.52. The van der Waals surface area contributed by atoms with Crippen molar-refractivity contribution >= 4 is 22.5 Å². The fraction of sp³-hybridized carbons (Fsp3) is 0.105. The third-order valence-corrected chi connectivity index (χ3v) is 4.40. The van der Waals surface area contributed by atoms with Crippen molar-refractivity contribution < 1.29 is 0 Å². The molecule has 23 heavy (non-hydrogen) atoms. The maximum absolute atomic E-state index is 6.14. The van der Waals surface area contributed by atoms with Gasteiger partial charge in [0.1, 0.15) is 0 Å². The van der Waals surface area contributed by atoms with Crippen molar-refractivity contribution in [3.63, 3.8) is 0 Å². The van der Waals surface area contributed by atoms with Gasteiger partial charge < -0.3 is 9.55 Å². The lowest BCUT2D eigenvalue weighted by atomic mass is 9.97. The highest BCUT2D eigenvalue weighted by Gasteiger charge is 2.15. The molecule has 4 heteroatoms. The number of rotatable bonds is 4. The second-order valence-corrected chi connectivity index (χ2v) is 6.12. The van der Waals surface area contributed by atoms with Gasteiger partial charge in [-0.1, -0.05) is 29.8 Å². The molecule has 114 valence electrons. The Morgan fingerprint density at radius 3 is 2.91 bits per heavy atom. The highest BCUT2D eigenvalue weighted by atomic mass is 35.5. The number of aromatic amines is 1. The first kappa shape index (κ1) is 14.1. The van der Waals surface area contributed by atoms with Crippen molar-refractivity contribution in [2.75, 3.05) is 0 Å². The largest absolute Gasteiger partial charge is 0.361 e. The zero-order chi connectivity index (χ0) is 15.6. The van der Waals surface area contributed by atoms with Crippen LogP contribution in [0.2, 0.25) is 5.02 Å². The Bertz CT molecular complexity index is 925. The number of hydrogen-bond donors (Lipinski definition) is 1. The van der Waals surface area contributed by atoms with Gasteiger partial charge in [-0.2, -0.15) is 0 Å². The quantitative estimate of drug-likeness (QED) is 0.572. The summed E-state index contributed by atoms with van der Waals surface area (Å²) in [6.07, 6.45) is 8.54. The maximum atomic E-state index is 6.14. The molecule has 1 unspecified atom stereocenters. The van der Waals surface area contributed by atoms with Crippen molar-refractivity contribution in [1.29, 1.82) is 0 Å². The van der Waals surface area contributed by atoms with E-state index in [9.17, 15) is 0 Å². The molecule has 0 aliphatic rings. The van der Waals surface area contributed by atoms with Crippen molar-refractivity contribution in [2.24, 2.45) is 0 Å². The van der Waals surface area contributed by atoms with Crippen LogP contribution >= 0.6 is 11.6 Å². The number of H-pyrrole nitrogens is 1. The van der Waals surface area contributed by atoms with E-state index in [0.29, 0.717) is 0 Å². The zero-order valence-corrected chi connectivity index (χ0v) is 13.2. The summed E-state index contributed by atoms with van der Waals surface area (Å²) in [6, 6.07) is 16.9. The number of benzene rings is 2. The molecule has 0 radical (unpaired) electrons. The van der Waals surface area contributed by atoms with Gasteiger partial charge in [0.2, 0.25) is 0 Å². The molecule has 2 aromatic carbocycles. The Kier molecular flexibility index (Phi) is 3.64. The van der Waals surface area contributed by atoms with Crippen LogP contribution in [0.5, 0.6) is 0 Å². The van der Waals surface area contributed by atoms with Crippen LogP contribution in [-0.2, 0) is 6.42 Å². The normalized spacial score (nSPS) is 12.6. The summed E-state index contributed by atoms with van der Waals surface area (Å²) in [4.78, 5) is 7.45. The van der Waals surface area contributed by atoms with Crippen molar-refractivity contribution in [3.05, 3.63) is 89.6 Å². The molecule has 3 nitrogen and oxygen atoms in total. The van der Waals surface area contributed by atoms with Crippen LogP contribution < -0.4 is 0 Å². The molecule has 0 saturated heterocycles. The summed E-state index contributed by atoms with van der Waals surface area (Å²) < 4.78 is 2.15. The summed E-state index contributed by atoms with van der Waals surface area (Å²) in [5.74, 6) is 0. The molecule has 1 atom stereocenters. The fourth-order valence-corrected chi connectivity index (χ4v) is 3.23. The van der Waals surface area contributed by atoms with Crippen LogP contribution in [0.1, 0.15) is 17.2 Å². The van der Waals surface area contributed by atoms with Crippen LogP contribution in [0.25, 0.3) is 10.9 Å². The maximum Gasteiger partial charge on any atom is 0.0951 e. The summed E-state index contributed by atoms with van der Waals surface area (Å²) in [5.41, 5.74) is 3.63. The second-order valence-electron chi connectivity index (χ2n) is 5.68. The van der Waals surface area contributed by atoms with Gasteiger partial charge in [0.25, 0.3) is 0 Å².